The van der Waals surface area contributed by atoms with Gasteiger partial charge < -0.3 is 14.3 Å². The van der Waals surface area contributed by atoms with Crippen LogP contribution < -0.4 is 0 Å². The van der Waals surface area contributed by atoms with Crippen LogP contribution in [-0.2, 0) is 5.54 Å². The van der Waals surface area contributed by atoms with E-state index in [4.69, 9.17) is 6.57 Å². The first-order valence-electron chi connectivity index (χ1n) is 10.7. The van der Waals surface area contributed by atoms with Crippen LogP contribution in [0, 0.1) is 6.57 Å². The number of amides is 1. The highest BCUT2D eigenvalue weighted by Gasteiger charge is 2.53. The van der Waals surface area contributed by atoms with Crippen LogP contribution in [0.15, 0.2) is 79.1 Å². The number of rotatable bonds is 2. The fourth-order valence-electron chi connectivity index (χ4n) is 4.81. The molecule has 5 nitrogen and oxygen atoms in total. The van der Waals surface area contributed by atoms with Gasteiger partial charge in [-0.2, -0.15) is 0 Å². The lowest BCUT2D eigenvalue weighted by Gasteiger charge is -2.27. The van der Waals surface area contributed by atoms with Gasteiger partial charge in [-0.3, -0.25) is 4.79 Å². The van der Waals surface area contributed by atoms with E-state index in [0.717, 1.165) is 40.8 Å². The molecule has 5 heteroatoms. The fourth-order valence-corrected chi connectivity index (χ4v) is 4.81. The maximum atomic E-state index is 13.5. The quantitative estimate of drug-likeness (QED) is 0.386. The standard InChI is InChI=1S/C27H20N4O/c1-28-25-11-9-20(16-29-25)19-8-10-22-23(14-19)31-17-21(18-6-4-3-5-7-18)15-24(31)26(32)30(2)27(22)12-13-27/h3-11,14-17H,12-13H2,2H3. The van der Waals surface area contributed by atoms with Crippen molar-refractivity contribution in [2.75, 3.05) is 7.05 Å². The minimum Gasteiger partial charge on any atom is -0.361 e. The molecule has 1 saturated carbocycles. The summed E-state index contributed by atoms with van der Waals surface area (Å²) in [5.74, 6) is 0.429. The molecule has 2 aromatic carbocycles. The van der Waals surface area contributed by atoms with Crippen molar-refractivity contribution in [2.45, 2.75) is 18.4 Å². The first-order valence-corrected chi connectivity index (χ1v) is 10.7. The van der Waals surface area contributed by atoms with Gasteiger partial charge in [0, 0.05) is 29.9 Å². The van der Waals surface area contributed by atoms with Crippen molar-refractivity contribution in [1.82, 2.24) is 14.5 Å². The van der Waals surface area contributed by atoms with Gasteiger partial charge in [-0.1, -0.05) is 55.1 Å². The van der Waals surface area contributed by atoms with Crippen molar-refractivity contribution in [2.24, 2.45) is 0 Å². The van der Waals surface area contributed by atoms with Gasteiger partial charge in [-0.15, -0.1) is 4.98 Å². The molecule has 1 aliphatic carbocycles. The van der Waals surface area contributed by atoms with Crippen LogP contribution in [0.4, 0.5) is 5.82 Å². The summed E-state index contributed by atoms with van der Waals surface area (Å²) in [4.78, 5) is 23.0. The second kappa shape index (κ2) is 6.66. The first kappa shape index (κ1) is 18.6. The molecular formula is C27H20N4O. The Bertz CT molecular complexity index is 1410. The summed E-state index contributed by atoms with van der Waals surface area (Å²) in [6, 6.07) is 22.2. The van der Waals surface area contributed by atoms with E-state index in [-0.39, 0.29) is 11.4 Å². The normalized spacial score (nSPS) is 15.6. The average Bonchev–Trinajstić information content (AvgIpc) is 3.55. The third-order valence-corrected chi connectivity index (χ3v) is 6.77. The van der Waals surface area contributed by atoms with Crippen LogP contribution in [-0.4, -0.2) is 27.4 Å². The van der Waals surface area contributed by atoms with Crippen LogP contribution in [0.5, 0.6) is 0 Å². The van der Waals surface area contributed by atoms with Gasteiger partial charge >= 0.3 is 0 Å². The first-order chi connectivity index (χ1) is 15.6. The minimum atomic E-state index is -0.233. The Hall–Kier alpha value is -4.17. The SMILES string of the molecule is [C-]#[N+]c1ccc(-c2ccc3c(c2)-n2cc(-c4ccccc4)cc2C(=O)N(C)C32CC2)cn1. The number of hydrogen-bond donors (Lipinski definition) is 0. The highest BCUT2D eigenvalue weighted by Crippen LogP contribution is 2.54. The molecule has 6 rings (SSSR count). The zero-order valence-electron chi connectivity index (χ0n) is 17.6. The number of benzene rings is 2. The molecule has 0 saturated heterocycles. The molecular weight excluding hydrogens is 396 g/mol. The molecule has 1 amide bonds. The van der Waals surface area contributed by atoms with Crippen molar-refractivity contribution >= 4 is 11.7 Å². The largest absolute Gasteiger partial charge is 0.361 e. The van der Waals surface area contributed by atoms with Crippen LogP contribution in [0.25, 0.3) is 32.8 Å². The molecule has 0 atom stereocenters. The molecule has 1 aliphatic heterocycles. The van der Waals surface area contributed by atoms with Crippen molar-refractivity contribution < 1.29 is 4.79 Å². The Balaban J connectivity index is 1.57. The number of hydrogen-bond acceptors (Lipinski definition) is 2. The molecule has 2 aromatic heterocycles. The molecule has 0 radical (unpaired) electrons. The lowest BCUT2D eigenvalue weighted by atomic mass is 9.97. The maximum Gasteiger partial charge on any atom is 0.271 e. The number of fused-ring (bicyclic) bond motifs is 4. The second-order valence-electron chi connectivity index (χ2n) is 8.49. The van der Waals surface area contributed by atoms with Gasteiger partial charge in [0.15, 0.2) is 0 Å². The summed E-state index contributed by atoms with van der Waals surface area (Å²) in [5.41, 5.74) is 6.72. The number of carbonyl (C=O) groups excluding carboxylic acids is 1. The molecule has 2 aliphatic rings. The Morgan fingerprint density at radius 2 is 1.72 bits per heavy atom. The summed E-state index contributed by atoms with van der Waals surface area (Å²) in [6.45, 7) is 7.13. The lowest BCUT2D eigenvalue weighted by molar-refractivity contribution is 0.0705. The van der Waals surface area contributed by atoms with Gasteiger partial charge in [0.2, 0.25) is 0 Å². The lowest BCUT2D eigenvalue weighted by Crippen LogP contribution is -2.36. The van der Waals surface area contributed by atoms with Crippen molar-refractivity contribution in [1.29, 1.82) is 0 Å². The molecule has 0 unspecified atom stereocenters. The summed E-state index contributed by atoms with van der Waals surface area (Å²) in [5, 5.41) is 0. The summed E-state index contributed by atoms with van der Waals surface area (Å²) in [7, 11) is 1.92. The Morgan fingerprint density at radius 3 is 2.41 bits per heavy atom. The molecule has 0 bridgehead atoms. The number of nitrogens with zero attached hydrogens (tertiary/aromatic N) is 4. The molecule has 154 valence electrons. The third-order valence-electron chi connectivity index (χ3n) is 6.77. The van der Waals surface area contributed by atoms with Gasteiger partial charge in [0.25, 0.3) is 11.7 Å². The smallest absolute Gasteiger partial charge is 0.271 e. The summed E-state index contributed by atoms with van der Waals surface area (Å²) < 4.78 is 2.05. The molecule has 3 heterocycles. The monoisotopic (exact) mass is 416 g/mol. The minimum absolute atomic E-state index is 0.0468. The Labute approximate surface area is 186 Å². The highest BCUT2D eigenvalue weighted by molar-refractivity contribution is 5.97. The van der Waals surface area contributed by atoms with Gasteiger partial charge in [-0.05, 0) is 42.2 Å². The molecule has 0 N–H and O–H groups in total. The van der Waals surface area contributed by atoms with Crippen LogP contribution in [0.1, 0.15) is 28.9 Å². The van der Waals surface area contributed by atoms with Crippen molar-refractivity contribution in [3.05, 3.63) is 102 Å². The van der Waals surface area contributed by atoms with E-state index < -0.39 is 0 Å². The van der Waals surface area contributed by atoms with E-state index in [9.17, 15) is 4.79 Å². The van der Waals surface area contributed by atoms with E-state index in [2.05, 4.69) is 46.4 Å². The van der Waals surface area contributed by atoms with Gasteiger partial charge in [0.1, 0.15) is 11.9 Å². The molecule has 1 fully saturated rings. The van der Waals surface area contributed by atoms with Crippen LogP contribution >= 0.6 is 0 Å². The number of carbonyl (C=O) groups is 1. The zero-order valence-corrected chi connectivity index (χ0v) is 17.6. The molecule has 4 aromatic rings. The Kier molecular flexibility index (Phi) is 3.87. The topological polar surface area (TPSA) is 42.5 Å². The van der Waals surface area contributed by atoms with Gasteiger partial charge in [-0.25, -0.2) is 0 Å². The average molecular weight is 416 g/mol. The highest BCUT2D eigenvalue weighted by atomic mass is 16.2. The predicted octanol–water partition coefficient (Wildman–Crippen LogP) is 5.83. The number of pyridine rings is 1. The zero-order chi connectivity index (χ0) is 21.9. The number of aromatic nitrogens is 2. The van der Waals surface area contributed by atoms with Crippen LogP contribution in [0.3, 0.4) is 0 Å². The molecule has 32 heavy (non-hydrogen) atoms. The summed E-state index contributed by atoms with van der Waals surface area (Å²) >= 11 is 0. The van der Waals surface area contributed by atoms with Crippen LogP contribution in [0.2, 0.25) is 0 Å². The van der Waals surface area contributed by atoms with Crippen molar-refractivity contribution in [3.63, 3.8) is 0 Å². The predicted molar refractivity (Wildman–Crippen MR) is 124 cm³/mol. The summed E-state index contributed by atoms with van der Waals surface area (Å²) in [6.07, 6.45) is 5.75. The van der Waals surface area contributed by atoms with E-state index in [1.807, 2.05) is 46.8 Å². The molecule has 1 spiro atoms. The van der Waals surface area contributed by atoms with E-state index in [1.54, 1.807) is 12.3 Å². The van der Waals surface area contributed by atoms with E-state index >= 15 is 0 Å². The van der Waals surface area contributed by atoms with Crippen molar-refractivity contribution in [3.8, 4) is 27.9 Å². The van der Waals surface area contributed by atoms with E-state index in [1.165, 1.54) is 5.56 Å². The fraction of sp³-hybridized carbons (Fsp3) is 0.148. The Morgan fingerprint density at radius 1 is 0.938 bits per heavy atom. The second-order valence-corrected chi connectivity index (χ2v) is 8.49. The van der Waals surface area contributed by atoms with Gasteiger partial charge in [0.05, 0.1) is 11.2 Å². The maximum absolute atomic E-state index is 13.5. The third kappa shape index (κ3) is 2.63. The van der Waals surface area contributed by atoms with E-state index in [0.29, 0.717) is 11.5 Å².